The topological polar surface area (TPSA) is 17.1 Å². The van der Waals surface area contributed by atoms with Crippen LogP contribution < -0.4 is 0 Å². The number of carbonyl (C=O) groups excluding carboxylic acids is 1. The van der Waals surface area contributed by atoms with Gasteiger partial charge in [-0.2, -0.15) is 0 Å². The van der Waals surface area contributed by atoms with Gasteiger partial charge in [0.2, 0.25) is 0 Å². The van der Waals surface area contributed by atoms with Crippen molar-refractivity contribution in [3.05, 3.63) is 11.6 Å². The number of carbonyl (C=O) groups is 1. The first-order valence-electron chi connectivity index (χ1n) is 5.40. The quantitative estimate of drug-likeness (QED) is 0.556. The van der Waals surface area contributed by atoms with Crippen LogP contribution in [0.25, 0.3) is 0 Å². The summed E-state index contributed by atoms with van der Waals surface area (Å²) in [4.78, 5) is 11.5. The first-order valence-corrected chi connectivity index (χ1v) is 5.40. The highest BCUT2D eigenvalue weighted by Crippen LogP contribution is 2.46. The first kappa shape index (κ1) is 8.98. The fourth-order valence-electron chi connectivity index (χ4n) is 3.06. The van der Waals surface area contributed by atoms with Crippen molar-refractivity contribution in [2.75, 3.05) is 0 Å². The highest BCUT2D eigenvalue weighted by atomic mass is 16.1. The maximum Gasteiger partial charge on any atom is 0.156 e. The molecule has 13 heavy (non-hydrogen) atoms. The van der Waals surface area contributed by atoms with Crippen LogP contribution in [-0.2, 0) is 4.79 Å². The third kappa shape index (κ3) is 1.84. The molecule has 0 aromatic carbocycles. The molecule has 0 N–H and O–H groups in total. The van der Waals surface area contributed by atoms with Crippen LogP contribution in [0.2, 0.25) is 0 Å². The maximum atomic E-state index is 11.5. The van der Waals surface area contributed by atoms with Gasteiger partial charge in [-0.25, -0.2) is 0 Å². The Morgan fingerprint density at radius 3 is 2.46 bits per heavy atom. The van der Waals surface area contributed by atoms with Gasteiger partial charge in [0.25, 0.3) is 0 Å². The van der Waals surface area contributed by atoms with E-state index in [9.17, 15) is 4.79 Å². The van der Waals surface area contributed by atoms with Gasteiger partial charge in [0, 0.05) is 6.42 Å². The lowest BCUT2D eigenvalue weighted by molar-refractivity contribution is -0.118. The Labute approximate surface area is 80.2 Å². The predicted molar refractivity (Wildman–Crippen MR) is 53.5 cm³/mol. The average molecular weight is 178 g/mol. The van der Waals surface area contributed by atoms with Gasteiger partial charge in [-0.15, -0.1) is 0 Å². The second-order valence-electron chi connectivity index (χ2n) is 4.87. The molecule has 0 saturated heterocycles. The van der Waals surface area contributed by atoms with E-state index in [2.05, 4.69) is 6.92 Å². The van der Waals surface area contributed by atoms with E-state index >= 15 is 0 Å². The predicted octanol–water partition coefficient (Wildman–Crippen LogP) is 3.25. The largest absolute Gasteiger partial charge is 0.295 e. The average Bonchev–Trinajstić information content (AvgIpc) is 2.02. The second-order valence-corrected chi connectivity index (χ2v) is 4.87. The standard InChI is InChI=1S/C12H18O/c1-10-7-11(13)9-12(8-10)5-3-2-4-6-12/h7H,2-6,8-9H2,1H3. The summed E-state index contributed by atoms with van der Waals surface area (Å²) in [7, 11) is 0. The number of ketones is 1. The molecule has 0 amide bonds. The zero-order chi connectivity index (χ0) is 9.31. The molecule has 0 heterocycles. The number of hydrogen-bond acceptors (Lipinski definition) is 1. The summed E-state index contributed by atoms with van der Waals surface area (Å²) in [5, 5.41) is 0. The molecule has 1 nitrogen and oxygen atoms in total. The van der Waals surface area contributed by atoms with E-state index in [0.29, 0.717) is 11.2 Å². The summed E-state index contributed by atoms with van der Waals surface area (Å²) >= 11 is 0. The summed E-state index contributed by atoms with van der Waals surface area (Å²) in [6, 6.07) is 0. The van der Waals surface area contributed by atoms with Crippen molar-refractivity contribution in [3.8, 4) is 0 Å². The minimum absolute atomic E-state index is 0.366. The molecular formula is C12H18O. The van der Waals surface area contributed by atoms with E-state index in [1.165, 1.54) is 44.1 Å². The van der Waals surface area contributed by atoms with Crippen molar-refractivity contribution in [3.63, 3.8) is 0 Å². The Bertz CT molecular complexity index is 244. The van der Waals surface area contributed by atoms with Crippen LogP contribution in [0.15, 0.2) is 11.6 Å². The third-order valence-electron chi connectivity index (χ3n) is 3.52. The Kier molecular flexibility index (Phi) is 2.27. The summed E-state index contributed by atoms with van der Waals surface area (Å²) in [6.45, 7) is 2.10. The van der Waals surface area contributed by atoms with Gasteiger partial charge in [-0.3, -0.25) is 4.79 Å². The van der Waals surface area contributed by atoms with Crippen LogP contribution in [0.1, 0.15) is 51.9 Å². The van der Waals surface area contributed by atoms with E-state index in [-0.39, 0.29) is 0 Å². The van der Waals surface area contributed by atoms with Gasteiger partial charge in [0.1, 0.15) is 0 Å². The SMILES string of the molecule is CC1=CC(=O)CC2(CCCCC2)C1. The Morgan fingerprint density at radius 1 is 1.15 bits per heavy atom. The molecule has 0 aromatic heterocycles. The van der Waals surface area contributed by atoms with E-state index < -0.39 is 0 Å². The first-order chi connectivity index (χ1) is 6.20. The number of allylic oxidation sites excluding steroid dienone is 2. The molecule has 0 bridgehead atoms. The fourth-order valence-corrected chi connectivity index (χ4v) is 3.06. The molecule has 72 valence electrons. The normalized spacial score (nSPS) is 27.5. The van der Waals surface area contributed by atoms with E-state index in [1.54, 1.807) is 0 Å². The molecule has 1 saturated carbocycles. The van der Waals surface area contributed by atoms with Crippen LogP contribution in [0.3, 0.4) is 0 Å². The lowest BCUT2D eigenvalue weighted by Crippen LogP contribution is -2.30. The van der Waals surface area contributed by atoms with Crippen molar-refractivity contribution in [2.24, 2.45) is 5.41 Å². The van der Waals surface area contributed by atoms with Gasteiger partial charge >= 0.3 is 0 Å². The Morgan fingerprint density at radius 2 is 1.85 bits per heavy atom. The molecule has 0 aliphatic heterocycles. The summed E-state index contributed by atoms with van der Waals surface area (Å²) < 4.78 is 0. The van der Waals surface area contributed by atoms with E-state index in [4.69, 9.17) is 0 Å². The fraction of sp³-hybridized carbons (Fsp3) is 0.750. The van der Waals surface area contributed by atoms with Crippen LogP contribution in [-0.4, -0.2) is 5.78 Å². The van der Waals surface area contributed by atoms with Gasteiger partial charge < -0.3 is 0 Å². The second kappa shape index (κ2) is 3.28. The molecule has 1 fully saturated rings. The molecule has 1 heteroatoms. The number of hydrogen-bond donors (Lipinski definition) is 0. The molecular weight excluding hydrogens is 160 g/mol. The molecule has 0 radical (unpaired) electrons. The maximum absolute atomic E-state index is 11.5. The van der Waals surface area contributed by atoms with Crippen LogP contribution in [0.4, 0.5) is 0 Å². The van der Waals surface area contributed by atoms with E-state index in [0.717, 1.165) is 6.42 Å². The van der Waals surface area contributed by atoms with Crippen molar-refractivity contribution in [1.82, 2.24) is 0 Å². The Balaban J connectivity index is 2.15. The zero-order valence-corrected chi connectivity index (χ0v) is 8.44. The van der Waals surface area contributed by atoms with Crippen molar-refractivity contribution in [2.45, 2.75) is 51.9 Å². The van der Waals surface area contributed by atoms with Gasteiger partial charge in [-0.1, -0.05) is 24.8 Å². The molecule has 2 aliphatic rings. The van der Waals surface area contributed by atoms with Crippen LogP contribution in [0, 0.1) is 5.41 Å². The summed E-state index contributed by atoms with van der Waals surface area (Å²) in [6.07, 6.45) is 10.5. The van der Waals surface area contributed by atoms with Crippen molar-refractivity contribution in [1.29, 1.82) is 0 Å². The monoisotopic (exact) mass is 178 g/mol. The summed E-state index contributed by atoms with van der Waals surface area (Å²) in [5.41, 5.74) is 1.69. The van der Waals surface area contributed by atoms with Crippen molar-refractivity contribution < 1.29 is 4.79 Å². The van der Waals surface area contributed by atoms with Crippen molar-refractivity contribution >= 4 is 5.78 Å². The molecule has 2 aliphatic carbocycles. The van der Waals surface area contributed by atoms with Crippen LogP contribution in [0.5, 0.6) is 0 Å². The smallest absolute Gasteiger partial charge is 0.156 e. The molecule has 2 rings (SSSR count). The van der Waals surface area contributed by atoms with Gasteiger partial charge in [0.15, 0.2) is 5.78 Å². The molecule has 0 unspecified atom stereocenters. The lowest BCUT2D eigenvalue weighted by Gasteiger charge is -2.39. The number of rotatable bonds is 0. The highest BCUT2D eigenvalue weighted by molar-refractivity contribution is 5.91. The van der Waals surface area contributed by atoms with Gasteiger partial charge in [0.05, 0.1) is 0 Å². The zero-order valence-electron chi connectivity index (χ0n) is 8.44. The minimum atomic E-state index is 0.366. The summed E-state index contributed by atoms with van der Waals surface area (Å²) in [5.74, 6) is 0.366. The molecule has 0 atom stereocenters. The third-order valence-corrected chi connectivity index (χ3v) is 3.52. The Hall–Kier alpha value is -0.590. The van der Waals surface area contributed by atoms with Gasteiger partial charge in [-0.05, 0) is 37.7 Å². The highest BCUT2D eigenvalue weighted by Gasteiger charge is 2.36. The molecule has 0 aromatic rings. The van der Waals surface area contributed by atoms with E-state index in [1.807, 2.05) is 6.08 Å². The lowest BCUT2D eigenvalue weighted by atomic mass is 9.65. The minimum Gasteiger partial charge on any atom is -0.295 e. The van der Waals surface area contributed by atoms with Crippen LogP contribution >= 0.6 is 0 Å². The molecule has 1 spiro atoms.